The van der Waals surface area contributed by atoms with Gasteiger partial charge in [-0.15, -0.1) is 0 Å². The first kappa shape index (κ1) is 28.9. The molecule has 0 unspecified atom stereocenters. The Morgan fingerprint density at radius 1 is 0.360 bits per heavy atom. The number of aromatic nitrogens is 6. The summed E-state index contributed by atoms with van der Waals surface area (Å²) in [6, 6.07) is 43.0. The lowest BCUT2D eigenvalue weighted by atomic mass is 9.96. The van der Waals surface area contributed by atoms with E-state index in [0.717, 1.165) is 56.0 Å². The Morgan fingerprint density at radius 3 is 1.02 bits per heavy atom. The van der Waals surface area contributed by atoms with Crippen LogP contribution in [0, 0.1) is 0 Å². The van der Waals surface area contributed by atoms with E-state index in [4.69, 9.17) is 0 Å². The summed E-state index contributed by atoms with van der Waals surface area (Å²) in [7, 11) is 0. The Bertz CT molecular complexity index is 2310. The maximum Gasteiger partial charge on any atom is 0.162 e. The van der Waals surface area contributed by atoms with Crippen molar-refractivity contribution < 1.29 is 0 Å². The second-order valence-electron chi connectivity index (χ2n) is 11.8. The second kappa shape index (κ2) is 11.8. The molecule has 0 amide bonds. The van der Waals surface area contributed by atoms with Gasteiger partial charge in [0, 0.05) is 41.5 Å². The maximum atomic E-state index is 4.62. The molecule has 8 nitrogen and oxygen atoms in total. The van der Waals surface area contributed by atoms with Crippen LogP contribution in [0.3, 0.4) is 0 Å². The highest BCUT2D eigenvalue weighted by molar-refractivity contribution is 8.00. The van der Waals surface area contributed by atoms with E-state index < -0.39 is 0 Å². The van der Waals surface area contributed by atoms with Crippen LogP contribution >= 0.6 is 23.5 Å². The first-order chi connectivity index (χ1) is 24.8. The van der Waals surface area contributed by atoms with Crippen LogP contribution in [0.1, 0.15) is 0 Å². The largest absolute Gasteiger partial charge is 0.308 e. The van der Waals surface area contributed by atoms with Gasteiger partial charge in [-0.2, -0.15) is 0 Å². The van der Waals surface area contributed by atoms with E-state index in [1.54, 1.807) is 48.8 Å². The molecule has 2 aliphatic heterocycles. The molecule has 8 aromatic rings. The van der Waals surface area contributed by atoms with Crippen LogP contribution in [0.4, 0.5) is 34.1 Å². The topological polar surface area (TPSA) is 83.8 Å². The number of hydrogen-bond acceptors (Lipinski definition) is 10. The normalized spacial score (nSPS) is 13.0. The molecule has 2 aromatic heterocycles. The van der Waals surface area contributed by atoms with Gasteiger partial charge in [0.1, 0.15) is 25.3 Å². The molecule has 0 aliphatic carbocycles. The fourth-order valence-electron chi connectivity index (χ4n) is 6.76. The molecule has 0 saturated carbocycles. The summed E-state index contributed by atoms with van der Waals surface area (Å²) in [5, 5.41) is 2.06. The fourth-order valence-corrected chi connectivity index (χ4v) is 8.87. The molecule has 50 heavy (non-hydrogen) atoms. The van der Waals surface area contributed by atoms with Gasteiger partial charge in [0.05, 0.1) is 34.1 Å². The fraction of sp³-hybridized carbons (Fsp3) is 0. The molecule has 6 aromatic carbocycles. The van der Waals surface area contributed by atoms with Gasteiger partial charge in [0.2, 0.25) is 0 Å². The summed E-state index contributed by atoms with van der Waals surface area (Å²) in [6.45, 7) is 0. The molecular formula is C40H24N8S2. The van der Waals surface area contributed by atoms with Crippen LogP contribution < -0.4 is 9.80 Å². The van der Waals surface area contributed by atoms with Crippen LogP contribution in [0.2, 0.25) is 0 Å². The highest BCUT2D eigenvalue weighted by Crippen LogP contribution is 2.56. The van der Waals surface area contributed by atoms with E-state index in [1.165, 1.54) is 19.6 Å². The summed E-state index contributed by atoms with van der Waals surface area (Å²) < 4.78 is 0. The lowest BCUT2D eigenvalue weighted by molar-refractivity contribution is 1.05. The van der Waals surface area contributed by atoms with E-state index in [0.29, 0.717) is 11.6 Å². The number of hydrogen-bond donors (Lipinski definition) is 0. The van der Waals surface area contributed by atoms with Crippen molar-refractivity contribution in [3.05, 3.63) is 147 Å². The molecule has 4 heterocycles. The minimum Gasteiger partial charge on any atom is -0.308 e. The van der Waals surface area contributed by atoms with E-state index in [9.17, 15) is 0 Å². The van der Waals surface area contributed by atoms with E-state index in [-0.39, 0.29) is 0 Å². The van der Waals surface area contributed by atoms with Gasteiger partial charge < -0.3 is 9.80 Å². The molecule has 0 saturated heterocycles. The molecule has 0 radical (unpaired) electrons. The first-order valence-corrected chi connectivity index (χ1v) is 17.6. The van der Waals surface area contributed by atoms with Crippen molar-refractivity contribution in [2.75, 3.05) is 9.80 Å². The van der Waals surface area contributed by atoms with Gasteiger partial charge in [-0.3, -0.25) is 0 Å². The molecule has 0 N–H and O–H groups in total. The van der Waals surface area contributed by atoms with Crippen molar-refractivity contribution in [1.82, 2.24) is 29.9 Å². The molecular weight excluding hydrogens is 657 g/mol. The van der Waals surface area contributed by atoms with Crippen LogP contribution in [-0.2, 0) is 0 Å². The van der Waals surface area contributed by atoms with E-state index >= 15 is 0 Å². The van der Waals surface area contributed by atoms with Crippen molar-refractivity contribution in [1.29, 1.82) is 0 Å². The molecule has 236 valence electrons. The Morgan fingerprint density at radius 2 is 0.680 bits per heavy atom. The zero-order chi connectivity index (χ0) is 33.0. The van der Waals surface area contributed by atoms with Gasteiger partial charge in [-0.1, -0.05) is 72.1 Å². The summed E-state index contributed by atoms with van der Waals surface area (Å²) in [5.74, 6) is 1.19. The number of rotatable bonds is 4. The Kier molecular flexibility index (Phi) is 6.81. The SMILES string of the molecule is c1ccc2c(c1)Sc1ccccc1N2c1cc(-c2ncncn2)cc2c(N3c4ccccc4Sc4ccccc43)cc(-c3ncncn3)cc12. The molecule has 0 atom stereocenters. The third-order valence-corrected chi connectivity index (χ3v) is 11.1. The quantitative estimate of drug-likeness (QED) is 0.179. The molecule has 10 heteroatoms. The van der Waals surface area contributed by atoms with Gasteiger partial charge in [0.25, 0.3) is 0 Å². The van der Waals surface area contributed by atoms with Gasteiger partial charge in [-0.25, -0.2) is 29.9 Å². The predicted octanol–water partition coefficient (Wildman–Crippen LogP) is 10.4. The number of para-hydroxylation sites is 4. The number of benzene rings is 6. The average molecular weight is 681 g/mol. The highest BCUT2D eigenvalue weighted by Gasteiger charge is 2.30. The van der Waals surface area contributed by atoms with Crippen LogP contribution in [0.5, 0.6) is 0 Å². The predicted molar refractivity (Wildman–Crippen MR) is 199 cm³/mol. The molecule has 0 fully saturated rings. The first-order valence-electron chi connectivity index (χ1n) is 16.0. The van der Waals surface area contributed by atoms with Crippen molar-refractivity contribution >= 4 is 68.4 Å². The number of anilines is 6. The Balaban J connectivity index is 1.36. The van der Waals surface area contributed by atoms with E-state index in [1.807, 2.05) is 0 Å². The van der Waals surface area contributed by atoms with Crippen LogP contribution in [-0.4, -0.2) is 29.9 Å². The minimum absolute atomic E-state index is 0.596. The van der Waals surface area contributed by atoms with Gasteiger partial charge in [-0.05, 0) is 72.8 Å². The molecule has 2 aliphatic rings. The number of nitrogens with zero attached hydrogens (tertiary/aromatic N) is 8. The lowest BCUT2D eigenvalue weighted by Crippen LogP contribution is -2.17. The highest BCUT2D eigenvalue weighted by atomic mass is 32.2. The monoisotopic (exact) mass is 680 g/mol. The Hall–Kier alpha value is -6.10. The van der Waals surface area contributed by atoms with Crippen LogP contribution in [0.15, 0.2) is 166 Å². The third-order valence-electron chi connectivity index (χ3n) is 8.88. The smallest absolute Gasteiger partial charge is 0.162 e. The number of fused-ring (bicyclic) bond motifs is 5. The standard InChI is InChI=1S/C40H24N8S2/c1-5-13-35-29(9-1)47(30-10-2-6-14-36(30)49-35)33-19-25(39-43-21-41-22-44-39)18-28-27(33)17-26(40-45-23-42-24-46-40)20-34(28)48-31-11-3-7-15-37(31)50-38-16-8-4-12-32(38)48/h1-24H. The molecule has 0 spiro atoms. The van der Waals surface area contributed by atoms with Crippen molar-refractivity contribution in [2.24, 2.45) is 0 Å². The summed E-state index contributed by atoms with van der Waals surface area (Å²) >= 11 is 3.57. The Labute approximate surface area is 296 Å². The third kappa shape index (κ3) is 4.72. The summed E-state index contributed by atoms with van der Waals surface area (Å²) in [6.07, 6.45) is 6.20. The zero-order valence-electron chi connectivity index (χ0n) is 26.3. The molecule has 0 bridgehead atoms. The lowest BCUT2D eigenvalue weighted by Gasteiger charge is -2.36. The van der Waals surface area contributed by atoms with Crippen molar-refractivity contribution in [3.8, 4) is 22.8 Å². The van der Waals surface area contributed by atoms with E-state index in [2.05, 4.69) is 161 Å². The summed E-state index contributed by atoms with van der Waals surface area (Å²) in [4.78, 5) is 36.2. The van der Waals surface area contributed by atoms with Crippen molar-refractivity contribution in [2.45, 2.75) is 19.6 Å². The summed E-state index contributed by atoms with van der Waals surface area (Å²) in [5.41, 5.74) is 8.14. The zero-order valence-corrected chi connectivity index (χ0v) is 27.9. The maximum absolute atomic E-state index is 4.62. The van der Waals surface area contributed by atoms with Gasteiger partial charge >= 0.3 is 0 Å². The second-order valence-corrected chi connectivity index (χ2v) is 13.9. The minimum atomic E-state index is 0.596. The molecule has 10 rings (SSSR count). The van der Waals surface area contributed by atoms with Crippen molar-refractivity contribution in [3.63, 3.8) is 0 Å². The van der Waals surface area contributed by atoms with Gasteiger partial charge in [0.15, 0.2) is 11.6 Å². The average Bonchev–Trinajstić information content (AvgIpc) is 3.19. The van der Waals surface area contributed by atoms with Crippen LogP contribution in [0.25, 0.3) is 33.5 Å².